The van der Waals surface area contributed by atoms with E-state index in [0.29, 0.717) is 0 Å². The molecule has 0 spiro atoms. The van der Waals surface area contributed by atoms with Gasteiger partial charge in [-0.15, -0.1) is 0 Å². The molecule has 0 aliphatic heterocycles. The number of nitrogens with one attached hydrogen (secondary N) is 1. The molecule has 0 saturated carbocycles. The molecule has 2 amide bonds. The lowest BCUT2D eigenvalue weighted by molar-refractivity contribution is 0.0355. The monoisotopic (exact) mass is 401 g/mol. The van der Waals surface area contributed by atoms with Crippen LogP contribution < -0.4 is 5.43 Å². The summed E-state index contributed by atoms with van der Waals surface area (Å²) in [5.74, 6) is -3.95. The Morgan fingerprint density at radius 2 is 1.73 bits per heavy atom. The number of hydrogen-bond donors (Lipinski definition) is 1. The van der Waals surface area contributed by atoms with Crippen molar-refractivity contribution in [1.29, 1.82) is 0 Å². The molecule has 0 saturated heterocycles. The van der Waals surface area contributed by atoms with Gasteiger partial charge in [0, 0.05) is 6.20 Å². The number of nitrogens with zero attached hydrogens (tertiary/aromatic N) is 2. The van der Waals surface area contributed by atoms with Gasteiger partial charge in [-0.25, -0.2) is 18.8 Å². The number of pyridine rings is 1. The molecular weight excluding hydrogens is 387 g/mol. The van der Waals surface area contributed by atoms with Crippen LogP contribution in [0.2, 0.25) is 10.2 Å². The Balaban J connectivity index is 2.41. The van der Waals surface area contributed by atoms with Crippen molar-refractivity contribution in [2.75, 3.05) is 0 Å². The van der Waals surface area contributed by atoms with Gasteiger partial charge < -0.3 is 0 Å². The van der Waals surface area contributed by atoms with Crippen LogP contribution in [0.5, 0.6) is 0 Å². The van der Waals surface area contributed by atoms with Gasteiger partial charge in [0.05, 0.1) is 16.1 Å². The zero-order valence-corrected chi connectivity index (χ0v) is 15.6. The molecule has 138 valence electrons. The molecule has 0 radical (unpaired) electrons. The highest BCUT2D eigenvalue weighted by Gasteiger charge is 2.32. The number of benzene rings is 1. The third-order valence-corrected chi connectivity index (χ3v) is 3.82. The molecule has 9 heteroatoms. The van der Waals surface area contributed by atoms with Gasteiger partial charge in [-0.3, -0.25) is 15.0 Å². The van der Waals surface area contributed by atoms with Gasteiger partial charge in [0.15, 0.2) is 0 Å². The van der Waals surface area contributed by atoms with Crippen LogP contribution in [-0.4, -0.2) is 27.3 Å². The van der Waals surface area contributed by atoms with E-state index in [1.165, 1.54) is 12.3 Å². The third kappa shape index (κ3) is 4.28. The van der Waals surface area contributed by atoms with Gasteiger partial charge in [0.1, 0.15) is 22.4 Å². The zero-order chi connectivity index (χ0) is 19.6. The van der Waals surface area contributed by atoms with Crippen molar-refractivity contribution in [2.45, 2.75) is 26.3 Å². The van der Waals surface area contributed by atoms with E-state index in [1.54, 1.807) is 20.8 Å². The van der Waals surface area contributed by atoms with E-state index in [9.17, 15) is 18.4 Å². The van der Waals surface area contributed by atoms with Crippen LogP contribution in [0, 0.1) is 11.6 Å². The lowest BCUT2D eigenvalue weighted by Gasteiger charge is -2.35. The van der Waals surface area contributed by atoms with Crippen molar-refractivity contribution in [3.8, 4) is 0 Å². The maximum Gasteiger partial charge on any atom is 0.275 e. The van der Waals surface area contributed by atoms with E-state index in [0.717, 1.165) is 23.2 Å². The van der Waals surface area contributed by atoms with E-state index in [1.807, 2.05) is 0 Å². The fourth-order valence-corrected chi connectivity index (χ4v) is 2.43. The largest absolute Gasteiger partial charge is 0.275 e. The summed E-state index contributed by atoms with van der Waals surface area (Å²) in [5.41, 5.74) is 0.424. The second-order valence-electron chi connectivity index (χ2n) is 6.34. The molecular formula is C17H15Cl2F2N3O2. The van der Waals surface area contributed by atoms with Crippen LogP contribution >= 0.6 is 23.2 Å². The summed E-state index contributed by atoms with van der Waals surface area (Å²) in [6, 6.07) is 4.30. The van der Waals surface area contributed by atoms with Crippen LogP contribution in [0.3, 0.4) is 0 Å². The van der Waals surface area contributed by atoms with Crippen LogP contribution in [0.1, 0.15) is 41.5 Å². The molecule has 1 N–H and O–H groups in total. The average Bonchev–Trinajstić information content (AvgIpc) is 2.53. The standard InChI is InChI=1S/C17H15Cl2F2N3O2/c1-17(2,3)24(16(26)10-7-9(18)8-22-14(10)19)23-15(25)13-11(20)5-4-6-12(13)21/h4-8H,1-3H3,(H,23,25). The first-order valence-corrected chi connectivity index (χ1v) is 8.18. The Labute approximate surface area is 158 Å². The predicted octanol–water partition coefficient (Wildman–Crippen LogP) is 4.25. The Kier molecular flexibility index (Phi) is 5.83. The van der Waals surface area contributed by atoms with Crippen LogP contribution in [-0.2, 0) is 0 Å². The highest BCUT2D eigenvalue weighted by molar-refractivity contribution is 6.34. The van der Waals surface area contributed by atoms with Gasteiger partial charge in [-0.05, 0) is 39.0 Å². The number of amides is 2. The topological polar surface area (TPSA) is 62.3 Å². The summed E-state index contributed by atoms with van der Waals surface area (Å²) in [7, 11) is 0. The summed E-state index contributed by atoms with van der Waals surface area (Å²) in [6.07, 6.45) is 1.26. The first-order valence-electron chi connectivity index (χ1n) is 7.43. The van der Waals surface area contributed by atoms with E-state index in [2.05, 4.69) is 10.4 Å². The maximum absolute atomic E-state index is 13.8. The van der Waals surface area contributed by atoms with Crippen LogP contribution in [0.4, 0.5) is 8.78 Å². The first-order chi connectivity index (χ1) is 12.0. The molecule has 1 aromatic heterocycles. The highest BCUT2D eigenvalue weighted by atomic mass is 35.5. The smallest absolute Gasteiger partial charge is 0.267 e. The fraction of sp³-hybridized carbons (Fsp3) is 0.235. The normalized spacial score (nSPS) is 11.2. The van der Waals surface area contributed by atoms with Gasteiger partial charge in [-0.1, -0.05) is 29.3 Å². The molecule has 0 aliphatic rings. The van der Waals surface area contributed by atoms with Crippen molar-refractivity contribution in [2.24, 2.45) is 0 Å². The lowest BCUT2D eigenvalue weighted by atomic mass is 10.1. The summed E-state index contributed by atoms with van der Waals surface area (Å²) >= 11 is 11.8. The molecule has 1 aromatic carbocycles. The minimum absolute atomic E-state index is 0.0663. The van der Waals surface area contributed by atoms with Crippen molar-refractivity contribution in [3.63, 3.8) is 0 Å². The molecule has 2 rings (SSSR count). The second kappa shape index (κ2) is 7.55. The minimum atomic E-state index is -1.12. The molecule has 2 aromatic rings. The highest BCUT2D eigenvalue weighted by Crippen LogP contribution is 2.23. The van der Waals surface area contributed by atoms with E-state index in [-0.39, 0.29) is 15.7 Å². The van der Waals surface area contributed by atoms with Crippen molar-refractivity contribution < 1.29 is 18.4 Å². The molecule has 1 heterocycles. The van der Waals surface area contributed by atoms with Gasteiger partial charge in [-0.2, -0.15) is 0 Å². The number of hydrazine groups is 1. The van der Waals surface area contributed by atoms with Crippen LogP contribution in [0.25, 0.3) is 0 Å². The van der Waals surface area contributed by atoms with Crippen molar-refractivity contribution in [3.05, 3.63) is 63.4 Å². The Morgan fingerprint density at radius 3 is 2.27 bits per heavy atom. The number of aromatic nitrogens is 1. The Bertz CT molecular complexity index is 849. The lowest BCUT2D eigenvalue weighted by Crippen LogP contribution is -2.56. The number of rotatable bonds is 2. The van der Waals surface area contributed by atoms with Crippen molar-refractivity contribution in [1.82, 2.24) is 15.4 Å². The molecule has 0 unspecified atom stereocenters. The van der Waals surface area contributed by atoms with Crippen LogP contribution in [0.15, 0.2) is 30.5 Å². The third-order valence-electron chi connectivity index (χ3n) is 3.31. The van der Waals surface area contributed by atoms with Gasteiger partial charge in [0.25, 0.3) is 11.8 Å². The number of hydrogen-bond acceptors (Lipinski definition) is 3. The number of carbonyl (C=O) groups excluding carboxylic acids is 2. The van der Waals surface area contributed by atoms with E-state index in [4.69, 9.17) is 23.2 Å². The molecule has 0 atom stereocenters. The molecule has 0 fully saturated rings. The summed E-state index contributed by atoms with van der Waals surface area (Å²) in [5, 5.41) is 0.957. The molecule has 26 heavy (non-hydrogen) atoms. The molecule has 0 aliphatic carbocycles. The SMILES string of the molecule is CC(C)(C)N(NC(=O)c1c(F)cccc1F)C(=O)c1cc(Cl)cnc1Cl. The number of halogens is 4. The quantitative estimate of drug-likeness (QED) is 0.604. The predicted molar refractivity (Wildman–Crippen MR) is 94.0 cm³/mol. The fourth-order valence-electron chi connectivity index (χ4n) is 2.09. The summed E-state index contributed by atoms with van der Waals surface area (Å²) in [4.78, 5) is 29.0. The molecule has 5 nitrogen and oxygen atoms in total. The zero-order valence-electron chi connectivity index (χ0n) is 14.1. The Morgan fingerprint density at radius 1 is 1.15 bits per heavy atom. The van der Waals surface area contributed by atoms with E-state index < -0.39 is 34.6 Å². The second-order valence-corrected chi connectivity index (χ2v) is 7.14. The van der Waals surface area contributed by atoms with Gasteiger partial charge >= 0.3 is 0 Å². The first kappa shape index (κ1) is 20.1. The van der Waals surface area contributed by atoms with E-state index >= 15 is 0 Å². The minimum Gasteiger partial charge on any atom is -0.267 e. The van der Waals surface area contributed by atoms with Gasteiger partial charge in [0.2, 0.25) is 0 Å². The maximum atomic E-state index is 13.8. The summed E-state index contributed by atoms with van der Waals surface area (Å²) in [6.45, 7) is 4.86. The Hall–Kier alpha value is -2.25. The van der Waals surface area contributed by atoms with Crippen molar-refractivity contribution >= 4 is 35.0 Å². The summed E-state index contributed by atoms with van der Waals surface area (Å²) < 4.78 is 27.7. The number of carbonyl (C=O) groups is 2. The molecule has 0 bridgehead atoms. The average molecular weight is 402 g/mol.